The molecule has 6 heteroatoms. The number of rotatable bonds is 6. The van der Waals surface area contributed by atoms with Crippen LogP contribution in [0.1, 0.15) is 34.3 Å². The molecule has 2 aromatic carbocycles. The van der Waals surface area contributed by atoms with Crippen molar-refractivity contribution in [2.75, 3.05) is 17.7 Å². The Bertz CT molecular complexity index is 922. The number of hydrogen-bond donors (Lipinski definition) is 3. The molecule has 3 rings (SSSR count). The third-order valence-corrected chi connectivity index (χ3v) is 4.17. The average Bonchev–Trinajstić information content (AvgIpc) is 3.51. The highest BCUT2D eigenvalue weighted by Crippen LogP contribution is 2.30. The number of carbonyl (C=O) groups is 2. The number of nitriles is 1. The molecule has 0 bridgehead atoms. The first-order valence-corrected chi connectivity index (χ1v) is 8.71. The van der Waals surface area contributed by atoms with Gasteiger partial charge in [0.2, 0.25) is 5.91 Å². The van der Waals surface area contributed by atoms with Gasteiger partial charge in [0.25, 0.3) is 5.91 Å². The molecule has 0 saturated heterocycles. The van der Waals surface area contributed by atoms with Gasteiger partial charge in [0.05, 0.1) is 23.0 Å². The molecule has 0 heterocycles. The van der Waals surface area contributed by atoms with Gasteiger partial charge >= 0.3 is 0 Å². The maximum Gasteiger partial charge on any atom is 0.251 e. The van der Waals surface area contributed by atoms with E-state index in [-0.39, 0.29) is 11.8 Å². The molecule has 0 aromatic heterocycles. The smallest absolute Gasteiger partial charge is 0.251 e. The highest BCUT2D eigenvalue weighted by atomic mass is 16.2. The van der Waals surface area contributed by atoms with E-state index in [2.05, 4.69) is 22.0 Å². The number of benzene rings is 2. The van der Waals surface area contributed by atoms with E-state index < -0.39 is 0 Å². The Hall–Kier alpha value is -3.59. The maximum absolute atomic E-state index is 12.3. The zero-order valence-electron chi connectivity index (χ0n) is 15.0. The monoisotopic (exact) mass is 360 g/mol. The van der Waals surface area contributed by atoms with Gasteiger partial charge in [-0.25, -0.2) is 0 Å². The zero-order valence-corrected chi connectivity index (χ0v) is 15.0. The SMILES string of the molecule is CNC(=O)c1ccc(C=CC(=O)Nc2cc(C#N)ccc2NC2CC2)cc1. The van der Waals surface area contributed by atoms with Crippen molar-refractivity contribution in [3.63, 3.8) is 0 Å². The van der Waals surface area contributed by atoms with Crippen LogP contribution in [0.4, 0.5) is 11.4 Å². The van der Waals surface area contributed by atoms with Crippen LogP contribution >= 0.6 is 0 Å². The Morgan fingerprint density at radius 2 is 1.85 bits per heavy atom. The van der Waals surface area contributed by atoms with E-state index in [1.54, 1.807) is 49.5 Å². The molecule has 2 aromatic rings. The number of nitrogens with one attached hydrogen (secondary N) is 3. The molecular formula is C21H20N4O2. The van der Waals surface area contributed by atoms with Gasteiger partial charge in [-0.1, -0.05) is 12.1 Å². The number of nitrogens with zero attached hydrogens (tertiary/aromatic N) is 1. The lowest BCUT2D eigenvalue weighted by atomic mass is 10.1. The van der Waals surface area contributed by atoms with Crippen LogP contribution in [0, 0.1) is 11.3 Å². The summed E-state index contributed by atoms with van der Waals surface area (Å²) in [7, 11) is 1.58. The topological polar surface area (TPSA) is 94.0 Å². The van der Waals surface area contributed by atoms with Crippen molar-refractivity contribution in [1.29, 1.82) is 5.26 Å². The summed E-state index contributed by atoms with van der Waals surface area (Å²) in [6, 6.07) is 14.7. The van der Waals surface area contributed by atoms with E-state index >= 15 is 0 Å². The van der Waals surface area contributed by atoms with Crippen LogP contribution < -0.4 is 16.0 Å². The molecule has 6 nitrogen and oxygen atoms in total. The second kappa shape index (κ2) is 8.19. The first kappa shape index (κ1) is 18.2. The van der Waals surface area contributed by atoms with Gasteiger partial charge in [-0.15, -0.1) is 0 Å². The Labute approximate surface area is 157 Å². The van der Waals surface area contributed by atoms with E-state index in [4.69, 9.17) is 5.26 Å². The van der Waals surface area contributed by atoms with Crippen molar-refractivity contribution in [1.82, 2.24) is 5.32 Å². The molecule has 0 unspecified atom stereocenters. The fourth-order valence-electron chi connectivity index (χ4n) is 2.53. The molecule has 0 spiro atoms. The molecular weight excluding hydrogens is 340 g/mol. The van der Waals surface area contributed by atoms with Gasteiger partial charge in [0.15, 0.2) is 0 Å². The fourth-order valence-corrected chi connectivity index (χ4v) is 2.53. The van der Waals surface area contributed by atoms with Crippen molar-refractivity contribution >= 4 is 29.3 Å². The van der Waals surface area contributed by atoms with Crippen molar-refractivity contribution < 1.29 is 9.59 Å². The minimum Gasteiger partial charge on any atom is -0.381 e. The second-order valence-electron chi connectivity index (χ2n) is 6.31. The van der Waals surface area contributed by atoms with Crippen LogP contribution in [0.3, 0.4) is 0 Å². The lowest BCUT2D eigenvalue weighted by Gasteiger charge is -2.12. The molecule has 0 atom stereocenters. The van der Waals surface area contributed by atoms with Crippen molar-refractivity contribution in [2.24, 2.45) is 0 Å². The number of amides is 2. The van der Waals surface area contributed by atoms with Gasteiger partial charge in [-0.05, 0) is 54.8 Å². The van der Waals surface area contributed by atoms with Gasteiger partial charge < -0.3 is 16.0 Å². The molecule has 1 aliphatic carbocycles. The van der Waals surface area contributed by atoms with Gasteiger partial charge in [-0.2, -0.15) is 5.26 Å². The quantitative estimate of drug-likeness (QED) is 0.690. The molecule has 2 amide bonds. The predicted molar refractivity (Wildman–Crippen MR) is 105 cm³/mol. The summed E-state index contributed by atoms with van der Waals surface area (Å²) < 4.78 is 0. The van der Waals surface area contributed by atoms with E-state index in [0.717, 1.165) is 24.1 Å². The third-order valence-electron chi connectivity index (χ3n) is 4.17. The first-order chi connectivity index (χ1) is 13.1. The van der Waals surface area contributed by atoms with E-state index in [1.165, 1.54) is 6.08 Å². The molecule has 0 radical (unpaired) electrons. The number of carbonyl (C=O) groups excluding carboxylic acids is 2. The van der Waals surface area contributed by atoms with Crippen LogP contribution in [0.2, 0.25) is 0 Å². The van der Waals surface area contributed by atoms with Gasteiger partial charge in [-0.3, -0.25) is 9.59 Å². The lowest BCUT2D eigenvalue weighted by molar-refractivity contribution is -0.111. The molecule has 1 fully saturated rings. The molecule has 0 aliphatic heterocycles. The molecule has 27 heavy (non-hydrogen) atoms. The molecule has 1 saturated carbocycles. The summed E-state index contributed by atoms with van der Waals surface area (Å²) >= 11 is 0. The van der Waals surface area contributed by atoms with Crippen LogP contribution in [0.15, 0.2) is 48.5 Å². The predicted octanol–water partition coefficient (Wildman–Crippen LogP) is 3.14. The largest absolute Gasteiger partial charge is 0.381 e. The van der Waals surface area contributed by atoms with Crippen molar-refractivity contribution in [3.05, 3.63) is 65.2 Å². The fraction of sp³-hybridized carbons (Fsp3) is 0.190. The summed E-state index contributed by atoms with van der Waals surface area (Å²) in [6.07, 6.45) is 5.32. The van der Waals surface area contributed by atoms with Gasteiger partial charge in [0.1, 0.15) is 0 Å². The summed E-state index contributed by atoms with van der Waals surface area (Å²) in [4.78, 5) is 23.8. The molecule has 136 valence electrons. The first-order valence-electron chi connectivity index (χ1n) is 8.71. The minimum atomic E-state index is -0.292. The highest BCUT2D eigenvalue weighted by molar-refractivity contribution is 6.04. The van der Waals surface area contributed by atoms with Crippen LogP contribution in [0.5, 0.6) is 0 Å². The Morgan fingerprint density at radius 1 is 1.11 bits per heavy atom. The van der Waals surface area contributed by atoms with Crippen LogP contribution in [0.25, 0.3) is 6.08 Å². The van der Waals surface area contributed by atoms with Gasteiger partial charge in [0, 0.05) is 24.7 Å². The van der Waals surface area contributed by atoms with Crippen molar-refractivity contribution in [3.8, 4) is 6.07 Å². The molecule has 1 aliphatic rings. The second-order valence-corrected chi connectivity index (χ2v) is 6.31. The Morgan fingerprint density at radius 3 is 2.48 bits per heavy atom. The summed E-state index contributed by atoms with van der Waals surface area (Å²) in [5.74, 6) is -0.448. The summed E-state index contributed by atoms with van der Waals surface area (Å²) in [5, 5.41) is 17.8. The van der Waals surface area contributed by atoms with E-state index in [1.807, 2.05) is 6.07 Å². The number of hydrogen-bond acceptors (Lipinski definition) is 4. The summed E-state index contributed by atoms with van der Waals surface area (Å²) in [5.41, 5.74) is 3.25. The maximum atomic E-state index is 12.3. The molecule has 3 N–H and O–H groups in total. The Kier molecular flexibility index (Phi) is 5.53. The lowest BCUT2D eigenvalue weighted by Crippen LogP contribution is -2.17. The number of anilines is 2. The normalized spacial score (nSPS) is 13.0. The Balaban J connectivity index is 1.68. The standard InChI is InChI=1S/C21H20N4O2/c1-23-21(27)16-6-2-14(3-7-16)5-11-20(26)25-19-12-15(13-22)4-10-18(19)24-17-8-9-17/h2-7,10-12,17,24H,8-9H2,1H3,(H,23,27)(H,25,26). The summed E-state index contributed by atoms with van der Waals surface area (Å²) in [6.45, 7) is 0. The average molecular weight is 360 g/mol. The van der Waals surface area contributed by atoms with E-state index in [0.29, 0.717) is 22.9 Å². The zero-order chi connectivity index (χ0) is 19.2. The van der Waals surface area contributed by atoms with E-state index in [9.17, 15) is 9.59 Å². The highest BCUT2D eigenvalue weighted by Gasteiger charge is 2.22. The van der Waals surface area contributed by atoms with Crippen LogP contribution in [-0.4, -0.2) is 24.9 Å². The minimum absolute atomic E-state index is 0.156. The van der Waals surface area contributed by atoms with Crippen molar-refractivity contribution in [2.45, 2.75) is 18.9 Å². The third kappa shape index (κ3) is 4.95. The van der Waals surface area contributed by atoms with Crippen LogP contribution in [-0.2, 0) is 4.79 Å².